The largest absolute Gasteiger partial charge is 0.460 e. The van der Waals surface area contributed by atoms with Crippen molar-refractivity contribution in [2.24, 2.45) is 0 Å². The number of nitrogens with zero attached hydrogens (tertiary/aromatic N) is 2. The number of halogens is 9. The smallest absolute Gasteiger partial charge is 0.269 e. The Kier molecular flexibility index (Phi) is 4.65. The lowest BCUT2D eigenvalue weighted by Crippen LogP contribution is -2.59. The maximum Gasteiger partial charge on any atom is 0.460 e. The molecule has 0 aliphatic carbocycles. The maximum absolute atomic E-state index is 14.0. The molecule has 1 aromatic carbocycles. The molecule has 0 aliphatic rings. The van der Waals surface area contributed by atoms with Crippen molar-refractivity contribution in [1.29, 1.82) is 0 Å². The molecule has 0 amide bonds. The van der Waals surface area contributed by atoms with Crippen LogP contribution in [0.3, 0.4) is 0 Å². The van der Waals surface area contributed by atoms with E-state index in [1.165, 1.54) is 18.2 Å². The van der Waals surface area contributed by atoms with E-state index in [1.807, 2.05) is 0 Å². The van der Waals surface area contributed by atoms with E-state index in [0.717, 1.165) is 17.2 Å². The third-order valence-electron chi connectivity index (χ3n) is 3.43. The Hall–Kier alpha value is -2.80. The van der Waals surface area contributed by atoms with E-state index >= 15 is 0 Å². The molecular formula is C13H6F9N3O2. The number of H-pyrrole nitrogens is 1. The molecule has 27 heavy (non-hydrogen) atoms. The summed E-state index contributed by atoms with van der Waals surface area (Å²) < 4.78 is 118. The topological polar surface area (TPSA) is 71.8 Å². The molecule has 0 saturated carbocycles. The second kappa shape index (κ2) is 6.13. The fourth-order valence-corrected chi connectivity index (χ4v) is 2.06. The van der Waals surface area contributed by atoms with Gasteiger partial charge in [0.25, 0.3) is 0 Å². The van der Waals surface area contributed by atoms with E-state index in [4.69, 9.17) is 0 Å². The van der Waals surface area contributed by atoms with Gasteiger partial charge in [0.1, 0.15) is 0 Å². The van der Waals surface area contributed by atoms with Gasteiger partial charge in [-0.15, -0.1) is 0 Å². The Morgan fingerprint density at radius 2 is 1.41 bits per heavy atom. The van der Waals surface area contributed by atoms with Crippen LogP contribution in [0.5, 0.6) is 0 Å². The molecule has 14 heteroatoms. The first-order valence-electron chi connectivity index (χ1n) is 6.65. The fraction of sp³-hybridized carbons (Fsp3) is 0.308. The summed E-state index contributed by atoms with van der Waals surface area (Å²) in [4.78, 5) is 9.41. The number of hydrogen-bond acceptors (Lipinski definition) is 3. The zero-order valence-electron chi connectivity index (χ0n) is 12.5. The maximum atomic E-state index is 14.0. The van der Waals surface area contributed by atoms with Crippen LogP contribution in [0, 0.1) is 10.1 Å². The molecule has 0 radical (unpaired) electrons. The third-order valence-corrected chi connectivity index (χ3v) is 3.43. The lowest BCUT2D eigenvalue weighted by Gasteiger charge is -2.32. The Morgan fingerprint density at radius 3 is 1.85 bits per heavy atom. The fourth-order valence-electron chi connectivity index (χ4n) is 2.06. The predicted octanol–water partition coefficient (Wildman–Crippen LogP) is 4.91. The molecular weight excluding hydrogens is 401 g/mol. The zero-order chi connectivity index (χ0) is 20.8. The number of benzene rings is 1. The van der Waals surface area contributed by atoms with Crippen molar-refractivity contribution >= 4 is 5.69 Å². The van der Waals surface area contributed by atoms with Crippen molar-refractivity contribution in [2.45, 2.75) is 23.9 Å². The van der Waals surface area contributed by atoms with Gasteiger partial charge in [-0.05, 0) is 0 Å². The molecule has 0 spiro atoms. The van der Waals surface area contributed by atoms with Gasteiger partial charge in [0.05, 0.1) is 4.92 Å². The van der Waals surface area contributed by atoms with Crippen molar-refractivity contribution in [3.8, 4) is 11.3 Å². The monoisotopic (exact) mass is 407 g/mol. The van der Waals surface area contributed by atoms with Crippen molar-refractivity contribution in [3.63, 3.8) is 0 Å². The number of nitrogens with one attached hydrogen (secondary N) is 1. The average molecular weight is 407 g/mol. The lowest BCUT2D eigenvalue weighted by atomic mass is 9.99. The molecule has 148 valence electrons. The second-order valence-corrected chi connectivity index (χ2v) is 5.14. The summed E-state index contributed by atoms with van der Waals surface area (Å²) in [6.07, 6.45) is -7.04. The van der Waals surface area contributed by atoms with Crippen LogP contribution in [-0.4, -0.2) is 33.1 Å². The Morgan fingerprint density at radius 1 is 0.889 bits per heavy atom. The van der Waals surface area contributed by atoms with Crippen molar-refractivity contribution in [1.82, 2.24) is 10.2 Å². The van der Waals surface area contributed by atoms with E-state index < -0.39 is 45.9 Å². The normalized spacial score (nSPS) is 13.7. The minimum absolute atomic E-state index is 0.242. The minimum Gasteiger partial charge on any atom is -0.269 e. The van der Waals surface area contributed by atoms with E-state index in [9.17, 15) is 49.6 Å². The summed E-state index contributed by atoms with van der Waals surface area (Å²) in [6, 6.07) is 6.10. The summed E-state index contributed by atoms with van der Waals surface area (Å²) in [5.41, 5.74) is -5.53. The molecule has 0 unspecified atom stereocenters. The van der Waals surface area contributed by atoms with Crippen LogP contribution in [0.15, 0.2) is 30.3 Å². The Labute approximate surface area is 142 Å². The molecule has 1 N–H and O–H groups in total. The summed E-state index contributed by atoms with van der Waals surface area (Å²) in [5.74, 6) is -20.5. The number of aromatic amines is 1. The van der Waals surface area contributed by atoms with Gasteiger partial charge in [0.2, 0.25) is 0 Å². The molecule has 5 nitrogen and oxygen atoms in total. The van der Waals surface area contributed by atoms with Gasteiger partial charge in [-0.2, -0.15) is 44.6 Å². The molecule has 0 atom stereocenters. The lowest BCUT2D eigenvalue weighted by molar-refractivity contribution is -0.408. The molecule has 0 bridgehead atoms. The van der Waals surface area contributed by atoms with Crippen molar-refractivity contribution in [3.05, 3.63) is 46.1 Å². The summed E-state index contributed by atoms with van der Waals surface area (Å²) in [6.45, 7) is 0. The Balaban J connectivity index is 2.70. The van der Waals surface area contributed by atoms with Crippen LogP contribution >= 0.6 is 0 Å². The number of rotatable bonds is 5. The highest BCUT2D eigenvalue weighted by atomic mass is 19.4. The number of nitro groups is 1. The number of alkyl halides is 9. The van der Waals surface area contributed by atoms with E-state index in [2.05, 4.69) is 5.10 Å². The van der Waals surface area contributed by atoms with E-state index in [-0.39, 0.29) is 5.56 Å². The van der Waals surface area contributed by atoms with Gasteiger partial charge >= 0.3 is 29.6 Å². The quantitative estimate of drug-likeness (QED) is 0.435. The van der Waals surface area contributed by atoms with Crippen LogP contribution in [-0.2, 0) is 5.92 Å². The molecule has 0 fully saturated rings. The third kappa shape index (κ3) is 2.98. The summed E-state index contributed by atoms with van der Waals surface area (Å²) in [5, 5.41) is 15.2. The molecule has 2 aromatic rings. The molecule has 0 saturated heterocycles. The van der Waals surface area contributed by atoms with E-state index in [1.54, 1.807) is 0 Å². The highest BCUT2D eigenvalue weighted by molar-refractivity contribution is 5.71. The zero-order valence-corrected chi connectivity index (χ0v) is 12.5. The van der Waals surface area contributed by atoms with Gasteiger partial charge in [-0.3, -0.25) is 15.2 Å². The van der Waals surface area contributed by atoms with Crippen LogP contribution in [0.4, 0.5) is 45.2 Å². The Bertz CT molecular complexity index is 846. The summed E-state index contributed by atoms with van der Waals surface area (Å²) in [7, 11) is 0. The highest BCUT2D eigenvalue weighted by Gasteiger charge is 2.83. The standard InChI is InChI=1S/C13H6F9N3O2/c14-10(15,11(16,17)12(18,19)13(20,21)22)9-8(25(26)27)7(23-24-9)6-4-2-1-3-5-6/h1-5H,(H,23,24). The van der Waals surface area contributed by atoms with Crippen LogP contribution in [0.2, 0.25) is 0 Å². The number of aromatic nitrogens is 2. The molecule has 2 rings (SSSR count). The predicted molar refractivity (Wildman–Crippen MR) is 70.5 cm³/mol. The van der Waals surface area contributed by atoms with Gasteiger partial charge in [-0.1, -0.05) is 30.3 Å². The number of hydrogen-bond donors (Lipinski definition) is 1. The summed E-state index contributed by atoms with van der Waals surface area (Å²) >= 11 is 0. The van der Waals surface area contributed by atoms with Crippen LogP contribution in [0.25, 0.3) is 11.3 Å². The second-order valence-electron chi connectivity index (χ2n) is 5.14. The van der Waals surface area contributed by atoms with Gasteiger partial charge in [0, 0.05) is 5.56 Å². The highest BCUT2D eigenvalue weighted by Crippen LogP contribution is 2.57. The molecule has 1 aromatic heterocycles. The first-order valence-corrected chi connectivity index (χ1v) is 6.65. The SMILES string of the molecule is O=[N+]([O-])c1c(-c2ccccc2)n[nH]c1C(F)(F)C(F)(F)C(F)(F)C(F)(F)F. The van der Waals surface area contributed by atoms with Crippen molar-refractivity contribution in [2.75, 3.05) is 0 Å². The minimum atomic E-state index is -7.19. The van der Waals surface area contributed by atoms with Crippen LogP contribution < -0.4 is 0 Å². The van der Waals surface area contributed by atoms with Gasteiger partial charge in [-0.25, -0.2) is 0 Å². The first-order chi connectivity index (χ1) is 12.2. The molecule has 0 aliphatic heterocycles. The van der Waals surface area contributed by atoms with Crippen LogP contribution in [0.1, 0.15) is 5.69 Å². The van der Waals surface area contributed by atoms with Gasteiger partial charge in [0.15, 0.2) is 11.4 Å². The average Bonchev–Trinajstić information content (AvgIpc) is 3.00. The van der Waals surface area contributed by atoms with Gasteiger partial charge < -0.3 is 0 Å². The van der Waals surface area contributed by atoms with E-state index in [0.29, 0.717) is 0 Å². The first kappa shape index (κ1) is 20.5. The molecule has 1 heterocycles. The van der Waals surface area contributed by atoms with Crippen molar-refractivity contribution < 1.29 is 44.4 Å².